The summed E-state index contributed by atoms with van der Waals surface area (Å²) in [6.07, 6.45) is 0.652. The zero-order chi connectivity index (χ0) is 10.3. The molecule has 74 valence electrons. The van der Waals surface area contributed by atoms with Gasteiger partial charge in [0.2, 0.25) is 0 Å². The van der Waals surface area contributed by atoms with Gasteiger partial charge < -0.3 is 5.11 Å². The molecule has 14 heavy (non-hydrogen) atoms. The molecule has 0 amide bonds. The monoisotopic (exact) mass is 212 g/mol. The fourth-order valence-electron chi connectivity index (χ4n) is 1.66. The minimum Gasteiger partial charge on any atom is -0.478 e. The van der Waals surface area contributed by atoms with Crippen LogP contribution in [0.3, 0.4) is 0 Å². The lowest BCUT2D eigenvalue weighted by Crippen LogP contribution is -2.07. The van der Waals surface area contributed by atoms with Gasteiger partial charge in [-0.05, 0) is 30.5 Å². The van der Waals surface area contributed by atoms with Crippen LogP contribution < -0.4 is 0 Å². The lowest BCUT2D eigenvalue weighted by atomic mass is 10.0. The number of halogens is 1. The van der Waals surface area contributed by atoms with E-state index >= 15 is 0 Å². The van der Waals surface area contributed by atoms with Crippen molar-refractivity contribution >= 4 is 17.7 Å². The highest BCUT2D eigenvalue weighted by atomic mass is 32.2. The summed E-state index contributed by atoms with van der Waals surface area (Å²) in [6.45, 7) is 1.60. The maximum atomic E-state index is 13.5. The molecule has 0 saturated heterocycles. The van der Waals surface area contributed by atoms with Crippen molar-refractivity contribution in [3.63, 3.8) is 0 Å². The number of carboxylic acids is 1. The fraction of sp³-hybridized carbons (Fsp3) is 0.300. The molecule has 0 atom stereocenters. The molecule has 0 fully saturated rings. The number of aromatic carboxylic acids is 1. The van der Waals surface area contributed by atoms with E-state index in [-0.39, 0.29) is 5.56 Å². The number of aryl methyl sites for hydroxylation is 1. The molecule has 1 aliphatic rings. The maximum absolute atomic E-state index is 13.5. The van der Waals surface area contributed by atoms with Crippen molar-refractivity contribution in [2.75, 3.05) is 5.75 Å². The SMILES string of the molecule is Cc1cc2c(c(C(=O)O)c1F)CCS2. The first kappa shape index (κ1) is 9.52. The van der Waals surface area contributed by atoms with Crippen LogP contribution >= 0.6 is 11.8 Å². The Morgan fingerprint density at radius 2 is 2.36 bits per heavy atom. The minimum absolute atomic E-state index is 0.134. The van der Waals surface area contributed by atoms with Crippen LogP contribution in [0, 0.1) is 12.7 Å². The largest absolute Gasteiger partial charge is 0.478 e. The average Bonchev–Trinajstić information content (AvgIpc) is 2.52. The van der Waals surface area contributed by atoms with Crippen LogP contribution in [0.5, 0.6) is 0 Å². The molecule has 2 nitrogen and oxygen atoms in total. The highest BCUT2D eigenvalue weighted by Crippen LogP contribution is 2.36. The number of benzene rings is 1. The Balaban J connectivity index is 2.72. The predicted octanol–water partition coefficient (Wildman–Crippen LogP) is 2.48. The molecule has 1 N–H and O–H groups in total. The van der Waals surface area contributed by atoms with Crippen molar-refractivity contribution in [1.29, 1.82) is 0 Å². The molecular formula is C10H9FO2S. The second-order valence-electron chi connectivity index (χ2n) is 3.26. The van der Waals surface area contributed by atoms with Gasteiger partial charge in [0.25, 0.3) is 0 Å². The summed E-state index contributed by atoms with van der Waals surface area (Å²) in [4.78, 5) is 11.8. The third-order valence-electron chi connectivity index (χ3n) is 2.34. The molecule has 0 spiro atoms. The standard InChI is InChI=1S/C10H9FO2S/c1-5-4-7-6(2-3-14-7)8(9(5)11)10(12)13/h4H,2-3H2,1H3,(H,12,13). The lowest BCUT2D eigenvalue weighted by molar-refractivity contribution is 0.0690. The van der Waals surface area contributed by atoms with Crippen molar-refractivity contribution in [3.8, 4) is 0 Å². The summed E-state index contributed by atoms with van der Waals surface area (Å²) in [5.74, 6) is -0.901. The van der Waals surface area contributed by atoms with Crippen LogP contribution in [-0.4, -0.2) is 16.8 Å². The normalized spacial score (nSPS) is 14.1. The van der Waals surface area contributed by atoms with Crippen LogP contribution in [-0.2, 0) is 6.42 Å². The van der Waals surface area contributed by atoms with Crippen molar-refractivity contribution < 1.29 is 14.3 Å². The van der Waals surface area contributed by atoms with E-state index in [0.29, 0.717) is 17.5 Å². The number of thioether (sulfide) groups is 1. The zero-order valence-corrected chi connectivity index (χ0v) is 8.45. The van der Waals surface area contributed by atoms with Gasteiger partial charge in [0.05, 0.1) is 5.56 Å². The highest BCUT2D eigenvalue weighted by molar-refractivity contribution is 7.99. The van der Waals surface area contributed by atoms with E-state index in [1.807, 2.05) is 0 Å². The summed E-state index contributed by atoms with van der Waals surface area (Å²) in [5, 5.41) is 8.91. The van der Waals surface area contributed by atoms with Gasteiger partial charge >= 0.3 is 5.97 Å². The first-order chi connectivity index (χ1) is 6.61. The molecule has 0 bridgehead atoms. The van der Waals surface area contributed by atoms with E-state index in [1.165, 1.54) is 0 Å². The van der Waals surface area contributed by atoms with Crippen LogP contribution in [0.2, 0.25) is 0 Å². The Kier molecular flexibility index (Phi) is 2.23. The van der Waals surface area contributed by atoms with Gasteiger partial charge in [-0.1, -0.05) is 0 Å². The summed E-state index contributed by atoms with van der Waals surface area (Å²) in [7, 11) is 0. The third-order valence-corrected chi connectivity index (χ3v) is 3.42. The van der Waals surface area contributed by atoms with Crippen LogP contribution in [0.4, 0.5) is 4.39 Å². The predicted molar refractivity (Wildman–Crippen MR) is 52.5 cm³/mol. The van der Waals surface area contributed by atoms with Gasteiger partial charge in [0.15, 0.2) is 0 Å². The van der Waals surface area contributed by atoms with Crippen LogP contribution in [0.15, 0.2) is 11.0 Å². The molecule has 0 saturated carbocycles. The Labute approximate surface area is 85.1 Å². The van der Waals surface area contributed by atoms with Crippen molar-refractivity contribution in [2.45, 2.75) is 18.2 Å². The third kappa shape index (κ3) is 1.30. The molecule has 1 aliphatic heterocycles. The number of rotatable bonds is 1. The van der Waals surface area contributed by atoms with Gasteiger partial charge in [-0.15, -0.1) is 11.8 Å². The average molecular weight is 212 g/mol. The fourth-order valence-corrected chi connectivity index (χ4v) is 2.83. The van der Waals surface area contributed by atoms with Crippen molar-refractivity contribution in [3.05, 3.63) is 28.6 Å². The zero-order valence-electron chi connectivity index (χ0n) is 7.63. The van der Waals surface area contributed by atoms with Gasteiger partial charge in [0.1, 0.15) is 5.82 Å². The number of fused-ring (bicyclic) bond motifs is 1. The number of hydrogen-bond acceptors (Lipinski definition) is 2. The first-order valence-electron chi connectivity index (χ1n) is 4.29. The van der Waals surface area contributed by atoms with E-state index in [4.69, 9.17) is 5.11 Å². The van der Waals surface area contributed by atoms with E-state index in [2.05, 4.69) is 0 Å². The van der Waals surface area contributed by atoms with E-state index in [9.17, 15) is 9.18 Å². The maximum Gasteiger partial charge on any atom is 0.339 e. The van der Waals surface area contributed by atoms with Gasteiger partial charge in [-0.25, -0.2) is 9.18 Å². The smallest absolute Gasteiger partial charge is 0.339 e. The molecule has 1 aromatic carbocycles. The molecule has 0 aliphatic carbocycles. The summed E-state index contributed by atoms with van der Waals surface area (Å²) >= 11 is 1.59. The van der Waals surface area contributed by atoms with Crippen molar-refractivity contribution in [2.24, 2.45) is 0 Å². The highest BCUT2D eigenvalue weighted by Gasteiger charge is 2.24. The van der Waals surface area contributed by atoms with Crippen LogP contribution in [0.1, 0.15) is 21.5 Å². The Bertz CT molecular complexity index is 415. The number of carbonyl (C=O) groups is 1. The topological polar surface area (TPSA) is 37.3 Å². The lowest BCUT2D eigenvalue weighted by Gasteiger charge is -2.07. The molecule has 1 aromatic rings. The minimum atomic E-state index is -1.16. The number of hydrogen-bond donors (Lipinski definition) is 1. The van der Waals surface area contributed by atoms with Gasteiger partial charge in [0, 0.05) is 10.6 Å². The van der Waals surface area contributed by atoms with Gasteiger partial charge in [-0.3, -0.25) is 0 Å². The van der Waals surface area contributed by atoms with E-state index < -0.39 is 11.8 Å². The Hall–Kier alpha value is -1.03. The molecule has 1 heterocycles. The Morgan fingerprint density at radius 1 is 1.64 bits per heavy atom. The number of carboxylic acid groups (broad SMARTS) is 1. The second-order valence-corrected chi connectivity index (χ2v) is 4.40. The molecule has 4 heteroatoms. The van der Waals surface area contributed by atoms with E-state index in [1.54, 1.807) is 24.8 Å². The van der Waals surface area contributed by atoms with E-state index in [0.717, 1.165) is 10.6 Å². The summed E-state index contributed by atoms with van der Waals surface area (Å²) in [5.41, 5.74) is 0.936. The van der Waals surface area contributed by atoms with Gasteiger partial charge in [-0.2, -0.15) is 0 Å². The van der Waals surface area contributed by atoms with Crippen molar-refractivity contribution in [1.82, 2.24) is 0 Å². The molecule has 0 aromatic heterocycles. The molecule has 0 radical (unpaired) electrons. The quantitative estimate of drug-likeness (QED) is 0.777. The summed E-state index contributed by atoms with van der Waals surface area (Å²) < 4.78 is 13.5. The second kappa shape index (κ2) is 3.28. The Morgan fingerprint density at radius 3 is 3.00 bits per heavy atom. The molecular weight excluding hydrogens is 203 g/mol. The molecule has 0 unspecified atom stereocenters. The van der Waals surface area contributed by atoms with Crippen LogP contribution in [0.25, 0.3) is 0 Å². The molecule has 2 rings (SSSR count). The first-order valence-corrected chi connectivity index (χ1v) is 5.28. The summed E-state index contributed by atoms with van der Waals surface area (Å²) in [6, 6.07) is 1.73.